The zero-order chi connectivity index (χ0) is 17.4. The summed E-state index contributed by atoms with van der Waals surface area (Å²) in [6, 6.07) is 10.8. The van der Waals surface area contributed by atoms with E-state index in [2.05, 4.69) is 20.7 Å². The normalized spacial score (nSPS) is 22.1. The number of halogens is 1. The lowest BCUT2D eigenvalue weighted by Crippen LogP contribution is -2.46. The van der Waals surface area contributed by atoms with Gasteiger partial charge in [0, 0.05) is 21.6 Å². The van der Waals surface area contributed by atoms with Crippen LogP contribution in [0.5, 0.6) is 0 Å². The maximum atomic E-state index is 13.1. The quantitative estimate of drug-likeness (QED) is 0.735. The average Bonchev–Trinajstić information content (AvgIpc) is 3.26. The second-order valence-corrected chi connectivity index (χ2v) is 7.36. The second kappa shape index (κ2) is 6.50. The predicted molar refractivity (Wildman–Crippen MR) is 99.1 cm³/mol. The van der Waals surface area contributed by atoms with Gasteiger partial charge in [0.2, 0.25) is 11.9 Å². The molecule has 0 bridgehead atoms. The third-order valence-corrected chi connectivity index (χ3v) is 5.52. The molecule has 2 N–H and O–H groups in total. The summed E-state index contributed by atoms with van der Waals surface area (Å²) < 4.78 is 1.79. The molecule has 1 aromatic carbocycles. The van der Waals surface area contributed by atoms with Crippen LogP contribution in [0.4, 0.5) is 11.6 Å². The van der Waals surface area contributed by atoms with Gasteiger partial charge in [-0.2, -0.15) is 10.1 Å². The fraction of sp³-hybridized carbons (Fsp3) is 0.235. The molecule has 6 nitrogen and oxygen atoms in total. The fourth-order valence-corrected chi connectivity index (χ4v) is 4.15. The maximum Gasteiger partial charge on any atom is 0.232 e. The van der Waals surface area contributed by atoms with Gasteiger partial charge in [-0.05, 0) is 42.6 Å². The van der Waals surface area contributed by atoms with Crippen LogP contribution in [0.3, 0.4) is 0 Å². The number of thiophene rings is 1. The van der Waals surface area contributed by atoms with Gasteiger partial charge in [0.15, 0.2) is 0 Å². The number of anilines is 2. The SMILES string of the molecule is CC1Nc2ncnn2C(c2cccs2)C1C(=O)Nc1ccc(Cl)cc1. The summed E-state index contributed by atoms with van der Waals surface area (Å²) in [6.07, 6.45) is 1.51. The van der Waals surface area contributed by atoms with Crippen LogP contribution in [0.2, 0.25) is 5.02 Å². The number of nitrogens with zero attached hydrogens (tertiary/aromatic N) is 3. The van der Waals surface area contributed by atoms with Gasteiger partial charge < -0.3 is 10.6 Å². The summed E-state index contributed by atoms with van der Waals surface area (Å²) in [6.45, 7) is 1.99. The van der Waals surface area contributed by atoms with E-state index in [9.17, 15) is 4.79 Å². The van der Waals surface area contributed by atoms with Crippen molar-refractivity contribution in [2.75, 3.05) is 10.6 Å². The Morgan fingerprint density at radius 3 is 2.84 bits per heavy atom. The van der Waals surface area contributed by atoms with Crippen molar-refractivity contribution in [1.82, 2.24) is 14.8 Å². The third-order valence-electron chi connectivity index (χ3n) is 4.32. The first-order valence-corrected chi connectivity index (χ1v) is 9.15. The zero-order valence-electron chi connectivity index (χ0n) is 13.4. The van der Waals surface area contributed by atoms with E-state index in [1.807, 2.05) is 24.4 Å². The van der Waals surface area contributed by atoms with E-state index in [-0.39, 0.29) is 23.9 Å². The summed E-state index contributed by atoms with van der Waals surface area (Å²) >= 11 is 7.53. The van der Waals surface area contributed by atoms with E-state index < -0.39 is 0 Å². The molecule has 3 atom stereocenters. The first-order chi connectivity index (χ1) is 12.1. The van der Waals surface area contributed by atoms with Crippen molar-refractivity contribution in [3.8, 4) is 0 Å². The highest BCUT2D eigenvalue weighted by Gasteiger charge is 2.41. The predicted octanol–water partition coefficient (Wildman–Crippen LogP) is 3.65. The third kappa shape index (κ3) is 3.01. The summed E-state index contributed by atoms with van der Waals surface area (Å²) in [5.41, 5.74) is 0.718. The standard InChI is InChI=1S/C17H16ClN5OS/c1-10-14(16(24)22-12-6-4-11(18)5-7-12)15(13-3-2-8-25-13)23-17(21-10)19-9-20-23/h2-10,14-15H,1H3,(H,22,24)(H,19,20,21). The van der Waals surface area contributed by atoms with Crippen LogP contribution < -0.4 is 10.6 Å². The van der Waals surface area contributed by atoms with Gasteiger partial charge >= 0.3 is 0 Å². The minimum absolute atomic E-state index is 0.0677. The average molecular weight is 374 g/mol. The minimum Gasteiger partial charge on any atom is -0.351 e. The van der Waals surface area contributed by atoms with E-state index >= 15 is 0 Å². The lowest BCUT2D eigenvalue weighted by Gasteiger charge is -2.36. The fourth-order valence-electron chi connectivity index (χ4n) is 3.16. The highest BCUT2D eigenvalue weighted by molar-refractivity contribution is 7.10. The number of aromatic nitrogens is 3. The number of benzene rings is 1. The molecule has 3 unspecified atom stereocenters. The number of amides is 1. The molecule has 128 valence electrons. The lowest BCUT2D eigenvalue weighted by molar-refractivity contribution is -0.121. The number of rotatable bonds is 3. The van der Waals surface area contributed by atoms with Crippen LogP contribution in [-0.2, 0) is 4.79 Å². The van der Waals surface area contributed by atoms with Gasteiger partial charge in [0.1, 0.15) is 12.4 Å². The Hall–Kier alpha value is -2.38. The topological polar surface area (TPSA) is 71.8 Å². The van der Waals surface area contributed by atoms with Crippen molar-refractivity contribution in [3.05, 3.63) is 58.0 Å². The molecule has 0 spiro atoms. The van der Waals surface area contributed by atoms with Gasteiger partial charge in [0.05, 0.1) is 5.92 Å². The molecule has 3 heterocycles. The number of hydrogen-bond donors (Lipinski definition) is 2. The smallest absolute Gasteiger partial charge is 0.232 e. The number of fused-ring (bicyclic) bond motifs is 1. The lowest BCUT2D eigenvalue weighted by atomic mass is 9.89. The Balaban J connectivity index is 1.68. The molecule has 1 amide bonds. The van der Waals surface area contributed by atoms with Crippen LogP contribution in [0.15, 0.2) is 48.1 Å². The van der Waals surface area contributed by atoms with Crippen LogP contribution in [0.1, 0.15) is 17.8 Å². The van der Waals surface area contributed by atoms with Crippen molar-refractivity contribution in [3.63, 3.8) is 0 Å². The van der Waals surface area contributed by atoms with E-state index in [1.165, 1.54) is 6.33 Å². The van der Waals surface area contributed by atoms with Crippen molar-refractivity contribution in [1.29, 1.82) is 0 Å². The molecule has 0 aliphatic carbocycles. The number of carbonyl (C=O) groups is 1. The minimum atomic E-state index is -0.330. The van der Waals surface area contributed by atoms with E-state index in [0.717, 1.165) is 10.6 Å². The molecule has 0 saturated carbocycles. The molecule has 25 heavy (non-hydrogen) atoms. The summed E-state index contributed by atoms with van der Waals surface area (Å²) in [5.74, 6) is 0.284. The molecular formula is C17H16ClN5OS. The first-order valence-electron chi connectivity index (χ1n) is 7.89. The van der Waals surface area contributed by atoms with Crippen LogP contribution in [-0.4, -0.2) is 26.7 Å². The first kappa shape index (κ1) is 16.1. The van der Waals surface area contributed by atoms with Crippen LogP contribution >= 0.6 is 22.9 Å². The number of carbonyl (C=O) groups excluding carboxylic acids is 1. The Morgan fingerprint density at radius 1 is 1.32 bits per heavy atom. The molecule has 4 rings (SSSR count). The Morgan fingerprint density at radius 2 is 2.12 bits per heavy atom. The highest BCUT2D eigenvalue weighted by Crippen LogP contribution is 2.38. The van der Waals surface area contributed by atoms with Crippen molar-refractivity contribution < 1.29 is 4.79 Å². The summed E-state index contributed by atoms with van der Waals surface area (Å²) in [5, 5.41) is 13.2. The number of nitrogens with one attached hydrogen (secondary N) is 2. The summed E-state index contributed by atoms with van der Waals surface area (Å²) in [7, 11) is 0. The van der Waals surface area contributed by atoms with Gasteiger partial charge in [-0.1, -0.05) is 17.7 Å². The Kier molecular flexibility index (Phi) is 4.19. The molecule has 0 fully saturated rings. The molecule has 1 aliphatic rings. The molecule has 0 radical (unpaired) electrons. The van der Waals surface area contributed by atoms with E-state index in [0.29, 0.717) is 11.0 Å². The monoisotopic (exact) mass is 373 g/mol. The highest BCUT2D eigenvalue weighted by atomic mass is 35.5. The van der Waals surface area contributed by atoms with Gasteiger partial charge in [-0.3, -0.25) is 4.79 Å². The molecule has 1 aliphatic heterocycles. The zero-order valence-corrected chi connectivity index (χ0v) is 15.0. The molecule has 2 aromatic heterocycles. The van der Waals surface area contributed by atoms with E-state index in [1.54, 1.807) is 40.3 Å². The Labute approximate surface area is 153 Å². The van der Waals surface area contributed by atoms with Crippen molar-refractivity contribution in [2.45, 2.75) is 19.0 Å². The van der Waals surface area contributed by atoms with Crippen molar-refractivity contribution >= 4 is 40.5 Å². The van der Waals surface area contributed by atoms with Crippen LogP contribution in [0.25, 0.3) is 0 Å². The van der Waals surface area contributed by atoms with Gasteiger partial charge in [0.25, 0.3) is 0 Å². The molecular weight excluding hydrogens is 358 g/mol. The van der Waals surface area contributed by atoms with E-state index in [4.69, 9.17) is 11.6 Å². The number of hydrogen-bond acceptors (Lipinski definition) is 5. The second-order valence-electron chi connectivity index (χ2n) is 5.94. The van der Waals surface area contributed by atoms with Gasteiger partial charge in [-0.15, -0.1) is 11.3 Å². The molecule has 0 saturated heterocycles. The largest absolute Gasteiger partial charge is 0.351 e. The Bertz CT molecular complexity index is 877. The van der Waals surface area contributed by atoms with Gasteiger partial charge in [-0.25, -0.2) is 4.68 Å². The molecule has 8 heteroatoms. The molecule has 3 aromatic rings. The summed E-state index contributed by atoms with van der Waals surface area (Å²) in [4.78, 5) is 18.4. The van der Waals surface area contributed by atoms with Crippen LogP contribution in [0, 0.1) is 5.92 Å². The van der Waals surface area contributed by atoms with Crippen molar-refractivity contribution in [2.24, 2.45) is 5.92 Å². The maximum absolute atomic E-state index is 13.1.